The lowest BCUT2D eigenvalue weighted by molar-refractivity contribution is 0.484. The highest BCUT2D eigenvalue weighted by Crippen LogP contribution is 2.20. The Bertz CT molecular complexity index is 759. The smallest absolute Gasteiger partial charge is 0.243 e. The number of nitrogen functional groups attached to an aromatic ring is 1. The number of halogens is 2. The Morgan fingerprint density at radius 1 is 1.38 bits per heavy atom. The lowest BCUT2D eigenvalue weighted by Gasteiger charge is -2.08. The molecule has 1 heterocycles. The molecule has 0 aliphatic heterocycles. The first-order valence-corrected chi connectivity index (χ1v) is 7.50. The molecular formula is C12H14F2N4O2S. The number of nitrogens with two attached hydrogens (primary N) is 1. The second-order valence-corrected chi connectivity index (χ2v) is 6.18. The van der Waals surface area contributed by atoms with Crippen LogP contribution in [-0.2, 0) is 23.5 Å². The summed E-state index contributed by atoms with van der Waals surface area (Å²) in [6, 6.07) is 3.33. The maximum Gasteiger partial charge on any atom is 0.243 e. The monoisotopic (exact) mass is 316 g/mol. The maximum absolute atomic E-state index is 13.6. The van der Waals surface area contributed by atoms with E-state index < -0.39 is 26.6 Å². The zero-order valence-corrected chi connectivity index (χ0v) is 12.0. The van der Waals surface area contributed by atoms with Crippen LogP contribution in [-0.4, -0.2) is 24.7 Å². The van der Waals surface area contributed by atoms with Crippen molar-refractivity contribution < 1.29 is 17.2 Å². The highest BCUT2D eigenvalue weighted by Gasteiger charge is 2.22. The second-order valence-electron chi connectivity index (χ2n) is 4.44. The Balaban J connectivity index is 2.12. The number of benzene rings is 1. The maximum atomic E-state index is 13.6. The summed E-state index contributed by atoms with van der Waals surface area (Å²) in [7, 11) is -2.44. The van der Waals surface area contributed by atoms with Gasteiger partial charge in [-0.2, -0.15) is 5.10 Å². The topological polar surface area (TPSA) is 90.0 Å². The van der Waals surface area contributed by atoms with Gasteiger partial charge in [0.05, 0.1) is 5.69 Å². The minimum absolute atomic E-state index is 0.00913. The number of aryl methyl sites for hydroxylation is 1. The molecule has 1 aromatic carbocycles. The molecule has 3 N–H and O–H groups in total. The second kappa shape index (κ2) is 5.78. The Kier molecular flexibility index (Phi) is 4.24. The van der Waals surface area contributed by atoms with E-state index in [9.17, 15) is 17.2 Å². The zero-order chi connectivity index (χ0) is 15.6. The molecule has 0 radical (unpaired) electrons. The molecule has 6 nitrogen and oxygen atoms in total. The normalized spacial score (nSPS) is 11.8. The van der Waals surface area contributed by atoms with E-state index in [0.29, 0.717) is 12.1 Å². The van der Waals surface area contributed by atoms with Gasteiger partial charge in [-0.05, 0) is 18.2 Å². The summed E-state index contributed by atoms with van der Waals surface area (Å²) in [5.74, 6) is -2.75. The summed E-state index contributed by atoms with van der Waals surface area (Å²) in [4.78, 5) is -0.805. The van der Waals surface area contributed by atoms with Gasteiger partial charge >= 0.3 is 0 Å². The van der Waals surface area contributed by atoms with Crippen molar-refractivity contribution >= 4 is 15.7 Å². The highest BCUT2D eigenvalue weighted by molar-refractivity contribution is 7.89. The molecule has 21 heavy (non-hydrogen) atoms. The Morgan fingerprint density at radius 2 is 2.10 bits per heavy atom. The molecule has 0 saturated heterocycles. The Morgan fingerprint density at radius 3 is 2.71 bits per heavy atom. The van der Waals surface area contributed by atoms with Crippen LogP contribution < -0.4 is 10.5 Å². The molecular weight excluding hydrogens is 302 g/mol. The molecule has 0 aliphatic rings. The summed E-state index contributed by atoms with van der Waals surface area (Å²) < 4.78 is 54.4. The average molecular weight is 316 g/mol. The van der Waals surface area contributed by atoms with Crippen LogP contribution in [0.25, 0.3) is 0 Å². The number of sulfonamides is 1. The van der Waals surface area contributed by atoms with Crippen LogP contribution in [0, 0.1) is 11.6 Å². The third-order valence-electron chi connectivity index (χ3n) is 2.75. The van der Waals surface area contributed by atoms with Crippen molar-refractivity contribution in [1.82, 2.24) is 14.5 Å². The van der Waals surface area contributed by atoms with Crippen LogP contribution in [0.3, 0.4) is 0 Å². The predicted octanol–water partition coefficient (Wildman–Crippen LogP) is 0.802. The average Bonchev–Trinajstić information content (AvgIpc) is 2.79. The van der Waals surface area contributed by atoms with Crippen molar-refractivity contribution in [3.05, 3.63) is 41.7 Å². The largest absolute Gasteiger partial charge is 0.399 e. The highest BCUT2D eigenvalue weighted by atomic mass is 32.2. The molecule has 9 heteroatoms. The van der Waals surface area contributed by atoms with Crippen LogP contribution in [0.1, 0.15) is 5.69 Å². The number of nitrogens with one attached hydrogen (secondary N) is 1. The molecule has 0 aliphatic carbocycles. The van der Waals surface area contributed by atoms with E-state index in [4.69, 9.17) is 5.73 Å². The molecule has 1 aromatic heterocycles. The fraction of sp³-hybridized carbons (Fsp3) is 0.250. The van der Waals surface area contributed by atoms with Crippen molar-refractivity contribution in [3.63, 3.8) is 0 Å². The van der Waals surface area contributed by atoms with E-state index in [2.05, 4.69) is 9.82 Å². The van der Waals surface area contributed by atoms with Crippen LogP contribution in [0.5, 0.6) is 0 Å². The summed E-state index contributed by atoms with van der Waals surface area (Å²) in [5.41, 5.74) is 5.85. The van der Waals surface area contributed by atoms with Crippen molar-refractivity contribution in [3.8, 4) is 0 Å². The van der Waals surface area contributed by atoms with Crippen molar-refractivity contribution in [1.29, 1.82) is 0 Å². The molecule has 0 atom stereocenters. The molecule has 0 fully saturated rings. The Labute approximate surface area is 120 Å². The first-order chi connectivity index (χ1) is 9.79. The van der Waals surface area contributed by atoms with Gasteiger partial charge in [0.15, 0.2) is 11.6 Å². The van der Waals surface area contributed by atoms with Gasteiger partial charge in [-0.25, -0.2) is 21.9 Å². The van der Waals surface area contributed by atoms with Crippen molar-refractivity contribution in [2.24, 2.45) is 7.05 Å². The number of nitrogens with zero attached hydrogens (tertiary/aromatic N) is 2. The molecule has 2 aromatic rings. The van der Waals surface area contributed by atoms with Crippen molar-refractivity contribution in [2.45, 2.75) is 11.3 Å². The van der Waals surface area contributed by atoms with E-state index in [0.717, 1.165) is 12.1 Å². The fourth-order valence-corrected chi connectivity index (χ4v) is 2.92. The number of hydrogen-bond donors (Lipinski definition) is 2. The molecule has 114 valence electrons. The lowest BCUT2D eigenvalue weighted by atomic mass is 10.3. The number of aromatic nitrogens is 2. The standard InChI is InChI=1S/C12H14F2N4O2S/c1-18-5-3-9(17-18)2-4-16-21(19,20)11-7-8(15)6-10(13)12(11)14/h3,5-7,16H,2,4,15H2,1H3. The van der Waals surface area contributed by atoms with E-state index in [1.165, 1.54) is 0 Å². The Hall–Kier alpha value is -2.00. The summed E-state index contributed by atoms with van der Waals surface area (Å²) >= 11 is 0. The lowest BCUT2D eigenvalue weighted by Crippen LogP contribution is -2.27. The number of anilines is 1. The van der Waals surface area contributed by atoms with Crippen LogP contribution in [0.15, 0.2) is 29.3 Å². The van der Waals surface area contributed by atoms with Gasteiger partial charge in [0.25, 0.3) is 0 Å². The third kappa shape index (κ3) is 3.56. The minimum atomic E-state index is -4.18. The predicted molar refractivity (Wildman–Crippen MR) is 72.9 cm³/mol. The molecule has 0 bridgehead atoms. The third-order valence-corrected chi connectivity index (χ3v) is 4.21. The first kappa shape index (κ1) is 15.4. The fourth-order valence-electron chi connectivity index (χ4n) is 1.77. The molecule has 0 spiro atoms. The van der Waals surface area contributed by atoms with Crippen molar-refractivity contribution in [2.75, 3.05) is 12.3 Å². The van der Waals surface area contributed by atoms with Gasteiger partial charge in [0, 0.05) is 31.9 Å². The van der Waals surface area contributed by atoms with E-state index in [1.54, 1.807) is 24.0 Å². The molecule has 0 unspecified atom stereocenters. The summed E-state index contributed by atoms with van der Waals surface area (Å²) in [5, 5.41) is 4.08. The summed E-state index contributed by atoms with van der Waals surface area (Å²) in [6.45, 7) is 0.00913. The van der Waals surface area contributed by atoms with Gasteiger partial charge in [-0.15, -0.1) is 0 Å². The van der Waals surface area contributed by atoms with E-state index in [-0.39, 0.29) is 12.2 Å². The molecule has 0 amide bonds. The van der Waals surface area contributed by atoms with Gasteiger partial charge in [0.2, 0.25) is 10.0 Å². The van der Waals surface area contributed by atoms with Gasteiger partial charge in [0.1, 0.15) is 4.90 Å². The van der Waals surface area contributed by atoms with E-state index >= 15 is 0 Å². The quantitative estimate of drug-likeness (QED) is 0.799. The van der Waals surface area contributed by atoms with E-state index in [1.807, 2.05) is 0 Å². The van der Waals surface area contributed by atoms with Crippen LogP contribution >= 0.6 is 0 Å². The number of hydrogen-bond acceptors (Lipinski definition) is 4. The SMILES string of the molecule is Cn1ccc(CCNS(=O)(=O)c2cc(N)cc(F)c2F)n1. The first-order valence-electron chi connectivity index (χ1n) is 6.02. The van der Waals surface area contributed by atoms with Crippen LogP contribution in [0.2, 0.25) is 0 Å². The van der Waals surface area contributed by atoms with Gasteiger partial charge in [-0.1, -0.05) is 0 Å². The van der Waals surface area contributed by atoms with Gasteiger partial charge in [-0.3, -0.25) is 4.68 Å². The van der Waals surface area contributed by atoms with Crippen LogP contribution in [0.4, 0.5) is 14.5 Å². The molecule has 2 rings (SSSR count). The minimum Gasteiger partial charge on any atom is -0.399 e. The number of rotatable bonds is 5. The van der Waals surface area contributed by atoms with Gasteiger partial charge < -0.3 is 5.73 Å². The summed E-state index contributed by atoms with van der Waals surface area (Å²) in [6.07, 6.45) is 2.04. The molecule has 0 saturated carbocycles. The zero-order valence-electron chi connectivity index (χ0n) is 11.2.